The zero-order valence-corrected chi connectivity index (χ0v) is 15.8. The molecule has 7 heteroatoms. The van der Waals surface area contributed by atoms with Crippen molar-refractivity contribution in [1.82, 2.24) is 4.57 Å². The molecule has 1 aromatic heterocycles. The maximum atomic E-state index is 13.2. The van der Waals surface area contributed by atoms with E-state index in [1.165, 1.54) is 18.6 Å². The Morgan fingerprint density at radius 2 is 1.73 bits per heavy atom. The third-order valence-corrected chi connectivity index (χ3v) is 4.61. The first-order valence-electron chi connectivity index (χ1n) is 7.71. The summed E-state index contributed by atoms with van der Waals surface area (Å²) in [5, 5.41) is 1.06. The first-order valence-corrected chi connectivity index (χ1v) is 8.47. The maximum absolute atomic E-state index is 13.2. The lowest BCUT2D eigenvalue weighted by Crippen LogP contribution is -2.15. The molecule has 0 aliphatic rings. The van der Waals surface area contributed by atoms with E-state index >= 15 is 0 Å². The summed E-state index contributed by atoms with van der Waals surface area (Å²) in [7, 11) is 1.53. The number of fused-ring (bicyclic) bond motifs is 1. The number of nitrogens with zero attached hydrogens (tertiary/aromatic N) is 1. The monoisotopic (exact) mass is 391 g/mol. The van der Waals surface area contributed by atoms with E-state index in [0.717, 1.165) is 0 Å². The van der Waals surface area contributed by atoms with Crippen LogP contribution in [0.1, 0.15) is 23.0 Å². The third-order valence-electron chi connectivity index (χ3n) is 3.98. The highest BCUT2D eigenvalue weighted by Gasteiger charge is 2.25. The van der Waals surface area contributed by atoms with E-state index in [4.69, 9.17) is 32.7 Å². The fourth-order valence-corrected chi connectivity index (χ4v) is 3.40. The van der Waals surface area contributed by atoms with Crippen molar-refractivity contribution in [2.45, 2.75) is 13.8 Å². The molecule has 0 saturated heterocycles. The second-order valence-corrected chi connectivity index (χ2v) is 6.44. The molecule has 5 nitrogen and oxygen atoms in total. The molecule has 0 aliphatic carbocycles. The van der Waals surface area contributed by atoms with Gasteiger partial charge in [-0.2, -0.15) is 0 Å². The summed E-state index contributed by atoms with van der Waals surface area (Å²) < 4.78 is 12.0. The molecule has 3 aromatic rings. The minimum atomic E-state index is -0.488. The number of carbonyl (C=O) groups excluding carboxylic acids is 2. The molecule has 0 unspecified atom stereocenters. The Morgan fingerprint density at radius 1 is 1.08 bits per heavy atom. The van der Waals surface area contributed by atoms with Gasteiger partial charge in [-0.3, -0.25) is 14.2 Å². The van der Waals surface area contributed by atoms with E-state index in [9.17, 15) is 9.59 Å². The van der Waals surface area contributed by atoms with Crippen LogP contribution in [0.3, 0.4) is 0 Å². The first kappa shape index (κ1) is 18.3. The fourth-order valence-electron chi connectivity index (χ4n) is 2.84. The molecule has 3 rings (SSSR count). The van der Waals surface area contributed by atoms with Gasteiger partial charge in [0.15, 0.2) is 5.75 Å². The van der Waals surface area contributed by atoms with Crippen LogP contribution in [0.5, 0.6) is 11.5 Å². The van der Waals surface area contributed by atoms with Crippen molar-refractivity contribution < 1.29 is 19.1 Å². The zero-order valence-electron chi connectivity index (χ0n) is 14.3. The van der Waals surface area contributed by atoms with E-state index < -0.39 is 11.9 Å². The standard InChI is InChI=1S/C19H15Cl2NO4/c1-10-18(26-11(2)23)13-9-12(25-3)7-8-16(13)22(10)19(24)17-14(20)5-4-6-15(17)21/h4-9H,1-3H3. The van der Waals surface area contributed by atoms with Crippen LogP contribution in [-0.4, -0.2) is 23.6 Å². The number of rotatable bonds is 3. The van der Waals surface area contributed by atoms with Gasteiger partial charge in [-0.1, -0.05) is 29.3 Å². The average molecular weight is 392 g/mol. The number of methoxy groups -OCH3 is 1. The normalized spacial score (nSPS) is 10.8. The minimum Gasteiger partial charge on any atom is -0.497 e. The summed E-state index contributed by atoms with van der Waals surface area (Å²) in [6.45, 7) is 2.99. The summed E-state index contributed by atoms with van der Waals surface area (Å²) in [6, 6.07) is 10.00. The summed E-state index contributed by atoms with van der Waals surface area (Å²) in [6.07, 6.45) is 0. The Balaban J connectivity index is 2.31. The molecule has 0 amide bonds. The highest BCUT2D eigenvalue weighted by molar-refractivity contribution is 6.40. The Bertz CT molecular complexity index is 1020. The minimum absolute atomic E-state index is 0.182. The van der Waals surface area contributed by atoms with Gasteiger partial charge in [-0.05, 0) is 37.3 Å². The van der Waals surface area contributed by atoms with E-state index in [1.807, 2.05) is 0 Å². The number of carbonyl (C=O) groups is 2. The molecule has 1 heterocycles. The van der Waals surface area contributed by atoms with Gasteiger partial charge >= 0.3 is 5.97 Å². The van der Waals surface area contributed by atoms with Crippen LogP contribution in [0.25, 0.3) is 10.9 Å². The largest absolute Gasteiger partial charge is 0.497 e. The predicted octanol–water partition coefficient (Wildman–Crippen LogP) is 4.88. The van der Waals surface area contributed by atoms with E-state index in [1.54, 1.807) is 43.3 Å². The van der Waals surface area contributed by atoms with Gasteiger partial charge < -0.3 is 9.47 Å². The number of aromatic nitrogens is 1. The predicted molar refractivity (Wildman–Crippen MR) is 101 cm³/mol. The van der Waals surface area contributed by atoms with Crippen molar-refractivity contribution in [1.29, 1.82) is 0 Å². The van der Waals surface area contributed by atoms with Crippen LogP contribution in [0.4, 0.5) is 0 Å². The zero-order chi connectivity index (χ0) is 19.0. The molecule has 0 aliphatic heterocycles. The number of benzene rings is 2. The van der Waals surface area contributed by atoms with Crippen molar-refractivity contribution in [3.8, 4) is 11.5 Å². The lowest BCUT2D eigenvalue weighted by Gasteiger charge is -2.10. The van der Waals surface area contributed by atoms with Gasteiger partial charge in [-0.25, -0.2) is 0 Å². The van der Waals surface area contributed by atoms with Crippen LogP contribution in [0.15, 0.2) is 36.4 Å². The van der Waals surface area contributed by atoms with Crippen LogP contribution in [0, 0.1) is 6.92 Å². The van der Waals surface area contributed by atoms with Crippen molar-refractivity contribution in [2.24, 2.45) is 0 Å². The molecule has 2 aromatic carbocycles. The average Bonchev–Trinajstić information content (AvgIpc) is 2.85. The van der Waals surface area contributed by atoms with Crippen LogP contribution < -0.4 is 9.47 Å². The second-order valence-electron chi connectivity index (χ2n) is 5.63. The van der Waals surface area contributed by atoms with E-state index in [-0.39, 0.29) is 15.6 Å². The van der Waals surface area contributed by atoms with Gasteiger partial charge in [0.2, 0.25) is 0 Å². The highest BCUT2D eigenvalue weighted by atomic mass is 35.5. The van der Waals surface area contributed by atoms with Crippen molar-refractivity contribution in [2.75, 3.05) is 7.11 Å². The molecule has 0 N–H and O–H groups in total. The molecule has 0 atom stereocenters. The summed E-state index contributed by atoms with van der Waals surface area (Å²) >= 11 is 12.4. The Hall–Kier alpha value is -2.50. The highest BCUT2D eigenvalue weighted by Crippen LogP contribution is 2.37. The number of hydrogen-bond donors (Lipinski definition) is 0. The van der Waals surface area contributed by atoms with Gasteiger partial charge in [-0.15, -0.1) is 0 Å². The molecule has 0 spiro atoms. The quantitative estimate of drug-likeness (QED) is 0.597. The molecule has 134 valence electrons. The number of esters is 1. The summed E-state index contributed by atoms with van der Waals surface area (Å²) in [5.74, 6) is -0.0286. The molecular weight excluding hydrogens is 377 g/mol. The first-order chi connectivity index (χ1) is 12.3. The second kappa shape index (κ2) is 7.02. The number of hydrogen-bond acceptors (Lipinski definition) is 4. The van der Waals surface area contributed by atoms with Gasteiger partial charge in [0.1, 0.15) is 5.75 Å². The van der Waals surface area contributed by atoms with Crippen LogP contribution in [-0.2, 0) is 4.79 Å². The Kier molecular flexibility index (Phi) is 4.94. The van der Waals surface area contributed by atoms with Gasteiger partial charge in [0, 0.05) is 12.3 Å². The molecule has 0 saturated carbocycles. The molecule has 0 fully saturated rings. The number of ether oxygens (including phenoxy) is 2. The molecule has 26 heavy (non-hydrogen) atoms. The van der Waals surface area contributed by atoms with Crippen molar-refractivity contribution in [3.05, 3.63) is 57.7 Å². The van der Waals surface area contributed by atoms with E-state index in [2.05, 4.69) is 0 Å². The van der Waals surface area contributed by atoms with Gasteiger partial charge in [0.05, 0.1) is 33.9 Å². The molecular formula is C19H15Cl2NO4. The topological polar surface area (TPSA) is 57.5 Å². The Labute approximate surface area is 160 Å². The molecule has 0 radical (unpaired) electrons. The van der Waals surface area contributed by atoms with Gasteiger partial charge in [0.25, 0.3) is 5.91 Å². The number of halogens is 2. The van der Waals surface area contributed by atoms with Crippen LogP contribution >= 0.6 is 23.2 Å². The smallest absolute Gasteiger partial charge is 0.308 e. The van der Waals surface area contributed by atoms with Crippen LogP contribution in [0.2, 0.25) is 10.0 Å². The van der Waals surface area contributed by atoms with Crippen molar-refractivity contribution >= 4 is 46.0 Å². The summed E-state index contributed by atoms with van der Waals surface area (Å²) in [4.78, 5) is 24.7. The lowest BCUT2D eigenvalue weighted by atomic mass is 10.2. The maximum Gasteiger partial charge on any atom is 0.308 e. The fraction of sp³-hybridized carbons (Fsp3) is 0.158. The lowest BCUT2D eigenvalue weighted by molar-refractivity contribution is -0.131. The molecule has 0 bridgehead atoms. The summed E-state index contributed by atoms with van der Waals surface area (Å²) in [5.41, 5.74) is 1.20. The van der Waals surface area contributed by atoms with E-state index in [0.29, 0.717) is 28.1 Å². The van der Waals surface area contributed by atoms with Crippen molar-refractivity contribution in [3.63, 3.8) is 0 Å². The SMILES string of the molecule is COc1ccc2c(c1)c(OC(C)=O)c(C)n2C(=O)c1c(Cl)cccc1Cl. The third kappa shape index (κ3) is 3.04. The Morgan fingerprint density at radius 3 is 2.31 bits per heavy atom.